The van der Waals surface area contributed by atoms with Gasteiger partial charge in [-0.25, -0.2) is 14.8 Å². The lowest BCUT2D eigenvalue weighted by Crippen LogP contribution is -2.39. The smallest absolute Gasteiger partial charge is 0.410 e. The van der Waals surface area contributed by atoms with Gasteiger partial charge in [-0.1, -0.05) is 30.3 Å². The Kier molecular flexibility index (Phi) is 4.88. The van der Waals surface area contributed by atoms with Gasteiger partial charge in [0.15, 0.2) is 5.65 Å². The maximum absolute atomic E-state index is 12.4. The van der Waals surface area contributed by atoms with Crippen LogP contribution in [-0.2, 0) is 11.3 Å². The highest BCUT2D eigenvalue weighted by Gasteiger charge is 2.28. The van der Waals surface area contributed by atoms with Crippen molar-refractivity contribution in [1.29, 1.82) is 0 Å². The zero-order valence-electron chi connectivity index (χ0n) is 15.1. The van der Waals surface area contributed by atoms with Gasteiger partial charge in [0.25, 0.3) is 5.69 Å². The highest BCUT2D eigenvalue weighted by Crippen LogP contribution is 2.27. The van der Waals surface area contributed by atoms with E-state index in [9.17, 15) is 14.9 Å². The number of nitrogens with zero attached hydrogens (tertiary/aromatic N) is 4. The van der Waals surface area contributed by atoms with Crippen molar-refractivity contribution in [3.05, 3.63) is 64.1 Å². The van der Waals surface area contributed by atoms with Gasteiger partial charge in [0.1, 0.15) is 18.6 Å². The molecule has 0 bridgehead atoms. The molecule has 4 rings (SSSR count). The average Bonchev–Trinajstić information content (AvgIpc) is 3.16. The van der Waals surface area contributed by atoms with E-state index in [4.69, 9.17) is 4.74 Å². The number of nitrogens with one attached hydrogen (secondary N) is 1. The van der Waals surface area contributed by atoms with Crippen LogP contribution in [0.4, 0.5) is 10.5 Å². The summed E-state index contributed by atoms with van der Waals surface area (Å²) in [7, 11) is 0. The van der Waals surface area contributed by atoms with Crippen LogP contribution in [0.3, 0.4) is 0 Å². The molecule has 3 heterocycles. The highest BCUT2D eigenvalue weighted by atomic mass is 16.6. The number of carbonyl (C=O) groups is 1. The minimum Gasteiger partial charge on any atom is -0.445 e. The Morgan fingerprint density at radius 3 is 2.96 bits per heavy atom. The summed E-state index contributed by atoms with van der Waals surface area (Å²) in [4.78, 5) is 36.1. The van der Waals surface area contributed by atoms with Crippen LogP contribution >= 0.6 is 0 Å². The van der Waals surface area contributed by atoms with E-state index in [-0.39, 0.29) is 24.3 Å². The zero-order valence-corrected chi connectivity index (χ0v) is 15.1. The molecule has 1 saturated heterocycles. The molecule has 0 aliphatic carbocycles. The Hall–Kier alpha value is -3.49. The van der Waals surface area contributed by atoms with Crippen LogP contribution in [-0.4, -0.2) is 44.0 Å². The molecule has 9 nitrogen and oxygen atoms in total. The third kappa shape index (κ3) is 3.78. The van der Waals surface area contributed by atoms with Gasteiger partial charge in [0.2, 0.25) is 0 Å². The number of pyridine rings is 1. The van der Waals surface area contributed by atoms with Gasteiger partial charge in [-0.05, 0) is 18.4 Å². The van der Waals surface area contributed by atoms with Crippen molar-refractivity contribution in [2.75, 3.05) is 13.1 Å². The summed E-state index contributed by atoms with van der Waals surface area (Å²) in [6, 6.07) is 11.0. The molecule has 9 heteroatoms. The fraction of sp³-hybridized carbons (Fsp3) is 0.316. The summed E-state index contributed by atoms with van der Waals surface area (Å²) >= 11 is 0. The van der Waals surface area contributed by atoms with Crippen molar-refractivity contribution in [2.45, 2.75) is 25.4 Å². The second-order valence-corrected chi connectivity index (χ2v) is 6.77. The molecule has 0 spiro atoms. The third-order valence-corrected chi connectivity index (χ3v) is 4.82. The number of amides is 1. The first-order valence-electron chi connectivity index (χ1n) is 9.06. The third-order valence-electron chi connectivity index (χ3n) is 4.82. The van der Waals surface area contributed by atoms with Crippen molar-refractivity contribution in [1.82, 2.24) is 19.9 Å². The second-order valence-electron chi connectivity index (χ2n) is 6.77. The average molecular weight is 381 g/mol. The molecule has 28 heavy (non-hydrogen) atoms. The summed E-state index contributed by atoms with van der Waals surface area (Å²) in [5, 5.41) is 10.9. The maximum atomic E-state index is 12.4. The molecular formula is C19H19N5O4. The molecule has 3 aromatic rings. The number of fused-ring (bicyclic) bond motifs is 1. The molecule has 0 radical (unpaired) electrons. The lowest BCUT2D eigenvalue weighted by Gasteiger charge is -2.31. The van der Waals surface area contributed by atoms with E-state index in [1.807, 2.05) is 30.3 Å². The van der Waals surface area contributed by atoms with Crippen LogP contribution in [0.25, 0.3) is 11.2 Å². The molecule has 1 unspecified atom stereocenters. The topological polar surface area (TPSA) is 114 Å². The molecule has 1 atom stereocenters. The number of nitro groups is 1. The monoisotopic (exact) mass is 381 g/mol. The van der Waals surface area contributed by atoms with E-state index < -0.39 is 4.92 Å². The first-order valence-corrected chi connectivity index (χ1v) is 9.06. The van der Waals surface area contributed by atoms with Crippen LogP contribution in [0.5, 0.6) is 0 Å². The Morgan fingerprint density at radius 1 is 1.36 bits per heavy atom. The summed E-state index contributed by atoms with van der Waals surface area (Å²) in [6.45, 7) is 1.35. The number of carbonyl (C=O) groups excluding carboxylic acids is 1. The van der Waals surface area contributed by atoms with E-state index in [2.05, 4.69) is 15.0 Å². The molecule has 1 amide bonds. The van der Waals surface area contributed by atoms with Crippen molar-refractivity contribution >= 4 is 22.9 Å². The molecule has 1 aliphatic rings. The number of H-pyrrole nitrogens is 1. The van der Waals surface area contributed by atoms with Crippen molar-refractivity contribution in [3.8, 4) is 0 Å². The number of benzene rings is 1. The van der Waals surface area contributed by atoms with E-state index >= 15 is 0 Å². The number of likely N-dealkylation sites (tertiary alicyclic amines) is 1. The fourth-order valence-corrected chi connectivity index (χ4v) is 3.38. The Balaban J connectivity index is 1.43. The van der Waals surface area contributed by atoms with E-state index in [1.165, 1.54) is 12.3 Å². The first kappa shape index (κ1) is 17.9. The second kappa shape index (κ2) is 7.63. The standard InChI is InChI=1S/C19H19N5O4/c25-19(28-12-13-5-2-1-3-6-13)23-8-4-7-14(11-23)17-21-16-9-15(24(26)27)10-20-18(16)22-17/h1-3,5-6,9-10,14H,4,7-8,11-12H2,(H,20,21,22). The number of piperidine rings is 1. The molecule has 0 saturated carbocycles. The minimum absolute atomic E-state index is 0.00582. The Bertz CT molecular complexity index is 1000. The number of rotatable bonds is 4. The maximum Gasteiger partial charge on any atom is 0.410 e. The summed E-state index contributed by atoms with van der Waals surface area (Å²) in [6.07, 6.45) is 2.54. The number of imidazole rings is 1. The highest BCUT2D eigenvalue weighted by molar-refractivity contribution is 5.73. The quantitative estimate of drug-likeness (QED) is 0.547. The van der Waals surface area contributed by atoms with E-state index in [1.54, 1.807) is 4.90 Å². The minimum atomic E-state index is -0.488. The normalized spacial score (nSPS) is 16.9. The predicted molar refractivity (Wildman–Crippen MR) is 101 cm³/mol. The lowest BCUT2D eigenvalue weighted by atomic mass is 9.98. The van der Waals surface area contributed by atoms with Gasteiger partial charge in [-0.3, -0.25) is 10.1 Å². The molecule has 144 valence electrons. The number of aromatic nitrogens is 3. The molecule has 1 fully saturated rings. The van der Waals surface area contributed by atoms with Crippen LogP contribution in [0.1, 0.15) is 30.1 Å². The SMILES string of the molecule is O=C(OCc1ccccc1)N1CCCC(c2nc3ncc([N+](=O)[O-])cc3[nH]2)C1. The molecule has 1 N–H and O–H groups in total. The van der Waals surface area contributed by atoms with Gasteiger partial charge in [0, 0.05) is 25.1 Å². The van der Waals surface area contributed by atoms with Crippen molar-refractivity contribution in [2.24, 2.45) is 0 Å². The summed E-state index contributed by atoms with van der Waals surface area (Å²) in [5.74, 6) is 0.690. The van der Waals surface area contributed by atoms with Gasteiger partial charge in [0.05, 0.1) is 10.4 Å². The largest absolute Gasteiger partial charge is 0.445 e. The van der Waals surface area contributed by atoms with Crippen LogP contribution < -0.4 is 0 Å². The van der Waals surface area contributed by atoms with Crippen molar-refractivity contribution < 1.29 is 14.5 Å². The fourth-order valence-electron chi connectivity index (χ4n) is 3.38. The van der Waals surface area contributed by atoms with Gasteiger partial charge in [-0.2, -0.15) is 0 Å². The zero-order chi connectivity index (χ0) is 19.5. The predicted octanol–water partition coefficient (Wildman–Crippen LogP) is 3.38. The molecular weight excluding hydrogens is 362 g/mol. The van der Waals surface area contributed by atoms with Gasteiger partial charge < -0.3 is 14.6 Å². The van der Waals surface area contributed by atoms with Gasteiger partial charge >= 0.3 is 6.09 Å². The Labute approximate surface area is 160 Å². The number of hydrogen-bond acceptors (Lipinski definition) is 6. The van der Waals surface area contributed by atoms with E-state index in [0.29, 0.717) is 30.1 Å². The number of aromatic amines is 1. The number of ether oxygens (including phenoxy) is 1. The molecule has 1 aromatic carbocycles. The summed E-state index contributed by atoms with van der Waals surface area (Å²) in [5.41, 5.74) is 1.81. The van der Waals surface area contributed by atoms with Crippen LogP contribution in [0, 0.1) is 10.1 Å². The molecule has 2 aromatic heterocycles. The van der Waals surface area contributed by atoms with E-state index in [0.717, 1.165) is 18.4 Å². The first-order chi connectivity index (χ1) is 13.6. The van der Waals surface area contributed by atoms with Crippen LogP contribution in [0.15, 0.2) is 42.6 Å². The van der Waals surface area contributed by atoms with Crippen molar-refractivity contribution in [3.63, 3.8) is 0 Å². The Morgan fingerprint density at radius 2 is 2.18 bits per heavy atom. The lowest BCUT2D eigenvalue weighted by molar-refractivity contribution is -0.385. The van der Waals surface area contributed by atoms with Crippen LogP contribution in [0.2, 0.25) is 0 Å². The van der Waals surface area contributed by atoms with Gasteiger partial charge in [-0.15, -0.1) is 0 Å². The summed E-state index contributed by atoms with van der Waals surface area (Å²) < 4.78 is 5.42. The number of hydrogen-bond donors (Lipinski definition) is 1. The molecule has 1 aliphatic heterocycles.